The molecular weight excluding hydrogens is 395 g/mol. The molecule has 2 aliphatic heterocycles. The maximum absolute atomic E-state index is 13.5. The van der Waals surface area contributed by atoms with Crippen molar-refractivity contribution in [2.75, 3.05) is 18.0 Å². The molecule has 156 valence electrons. The molecule has 0 aromatic carbocycles. The fourth-order valence-electron chi connectivity index (χ4n) is 5.17. The van der Waals surface area contributed by atoms with Gasteiger partial charge in [0.15, 0.2) is 0 Å². The molecule has 31 heavy (non-hydrogen) atoms. The van der Waals surface area contributed by atoms with Crippen LogP contribution < -0.4 is 4.90 Å². The first-order chi connectivity index (χ1) is 15.1. The Morgan fingerprint density at radius 2 is 1.90 bits per heavy atom. The van der Waals surface area contributed by atoms with E-state index in [2.05, 4.69) is 27.1 Å². The summed E-state index contributed by atoms with van der Waals surface area (Å²) >= 11 is 0. The average Bonchev–Trinajstić information content (AvgIpc) is 3.25. The van der Waals surface area contributed by atoms with Crippen LogP contribution in [-0.4, -0.2) is 56.8 Å². The van der Waals surface area contributed by atoms with Crippen LogP contribution in [0, 0.1) is 17.2 Å². The van der Waals surface area contributed by atoms with E-state index in [0.717, 1.165) is 48.3 Å². The van der Waals surface area contributed by atoms with Gasteiger partial charge in [0.1, 0.15) is 17.9 Å². The summed E-state index contributed by atoms with van der Waals surface area (Å²) in [7, 11) is 0. The van der Waals surface area contributed by atoms with Crippen molar-refractivity contribution in [1.29, 1.82) is 5.26 Å². The lowest BCUT2D eigenvalue weighted by molar-refractivity contribution is -0.136. The summed E-state index contributed by atoms with van der Waals surface area (Å²) in [5, 5.41) is 13.6. The third kappa shape index (κ3) is 2.95. The van der Waals surface area contributed by atoms with E-state index in [-0.39, 0.29) is 18.0 Å². The van der Waals surface area contributed by atoms with Gasteiger partial charge in [-0.1, -0.05) is 0 Å². The lowest BCUT2D eigenvalue weighted by Gasteiger charge is -2.42. The second-order valence-corrected chi connectivity index (χ2v) is 8.71. The number of aromatic nitrogens is 3. The molecule has 0 radical (unpaired) electrons. The van der Waals surface area contributed by atoms with E-state index < -0.39 is 12.1 Å². The van der Waals surface area contributed by atoms with Crippen LogP contribution in [0.5, 0.6) is 0 Å². The summed E-state index contributed by atoms with van der Waals surface area (Å²) in [6, 6.07) is 10.1. The molecule has 3 aliphatic rings. The minimum absolute atomic E-state index is 0.00971. The molecule has 8 heteroatoms. The van der Waals surface area contributed by atoms with Gasteiger partial charge < -0.3 is 9.80 Å². The number of piperazine rings is 1. The van der Waals surface area contributed by atoms with Crippen LogP contribution in [0.25, 0.3) is 16.6 Å². The Bertz CT molecular complexity index is 1220. The number of nitriles is 1. The van der Waals surface area contributed by atoms with Crippen molar-refractivity contribution in [3.05, 3.63) is 48.5 Å². The van der Waals surface area contributed by atoms with Gasteiger partial charge in [0.05, 0.1) is 17.1 Å². The maximum atomic E-state index is 13.5. The zero-order valence-electron chi connectivity index (χ0n) is 16.9. The number of pyridine rings is 1. The number of amides is 1. The van der Waals surface area contributed by atoms with Crippen molar-refractivity contribution in [1.82, 2.24) is 19.5 Å². The molecule has 4 atom stereocenters. The largest absolute Gasteiger partial charge is 0.366 e. The summed E-state index contributed by atoms with van der Waals surface area (Å²) < 4.78 is 15.3. The number of anilines is 1. The fourth-order valence-corrected chi connectivity index (χ4v) is 5.17. The van der Waals surface area contributed by atoms with Gasteiger partial charge in [-0.3, -0.25) is 4.79 Å². The third-order valence-electron chi connectivity index (χ3n) is 6.80. The number of hydrogen-bond donors (Lipinski definition) is 0. The number of carbonyl (C=O) groups excluding carboxylic acids is 1. The lowest BCUT2D eigenvalue weighted by atomic mass is 10.1. The van der Waals surface area contributed by atoms with Crippen molar-refractivity contribution < 1.29 is 9.18 Å². The van der Waals surface area contributed by atoms with Crippen LogP contribution in [0.15, 0.2) is 42.9 Å². The quantitative estimate of drug-likeness (QED) is 0.656. The molecule has 7 nitrogen and oxygen atoms in total. The smallest absolute Gasteiger partial charge is 0.229 e. The van der Waals surface area contributed by atoms with Gasteiger partial charge in [-0.25, -0.2) is 13.9 Å². The van der Waals surface area contributed by atoms with E-state index >= 15 is 0 Å². The first kappa shape index (κ1) is 18.3. The first-order valence-corrected chi connectivity index (χ1v) is 10.7. The van der Waals surface area contributed by atoms with Gasteiger partial charge in [-0.05, 0) is 49.1 Å². The molecule has 3 fully saturated rings. The van der Waals surface area contributed by atoms with Crippen molar-refractivity contribution >= 4 is 17.1 Å². The molecule has 6 rings (SSSR count). The number of rotatable bonds is 3. The predicted molar refractivity (Wildman–Crippen MR) is 112 cm³/mol. The summed E-state index contributed by atoms with van der Waals surface area (Å²) in [6.45, 7) is 1.50. The number of fused-ring (bicyclic) bond motifs is 3. The fraction of sp³-hybridized carbons (Fsp3) is 0.391. The van der Waals surface area contributed by atoms with E-state index in [4.69, 9.17) is 5.26 Å². The number of alkyl halides is 1. The number of nitrogens with zero attached hydrogens (tertiary/aromatic N) is 6. The van der Waals surface area contributed by atoms with Gasteiger partial charge in [0, 0.05) is 49.3 Å². The van der Waals surface area contributed by atoms with E-state index in [9.17, 15) is 9.18 Å². The SMILES string of the molecule is N#Cc1cc(-c2cc3c(N4CC5CCC(C4)N5C(=O)[C@@H]4C[C@H]4F)ccnn3c2)ccn1. The Hall–Kier alpha value is -3.47. The maximum Gasteiger partial charge on any atom is 0.229 e. The Balaban J connectivity index is 1.31. The Morgan fingerprint density at radius 3 is 2.61 bits per heavy atom. The van der Waals surface area contributed by atoms with Crippen LogP contribution in [0.2, 0.25) is 0 Å². The highest BCUT2D eigenvalue weighted by molar-refractivity contribution is 5.84. The molecule has 0 N–H and O–H groups in total. The lowest BCUT2D eigenvalue weighted by Crippen LogP contribution is -2.56. The van der Waals surface area contributed by atoms with Gasteiger partial charge in [0.2, 0.25) is 5.91 Å². The first-order valence-electron chi connectivity index (χ1n) is 10.7. The minimum atomic E-state index is -0.946. The van der Waals surface area contributed by atoms with Crippen molar-refractivity contribution in [3.8, 4) is 17.2 Å². The summed E-state index contributed by atoms with van der Waals surface area (Å²) in [4.78, 5) is 21.1. The molecule has 2 saturated heterocycles. The number of halogens is 1. The van der Waals surface area contributed by atoms with Gasteiger partial charge in [0.25, 0.3) is 0 Å². The molecule has 1 amide bonds. The van der Waals surface area contributed by atoms with E-state index in [1.165, 1.54) is 0 Å². The average molecular weight is 416 g/mol. The zero-order valence-corrected chi connectivity index (χ0v) is 16.9. The normalized spacial score (nSPS) is 26.8. The molecule has 3 aromatic rings. The molecule has 1 aliphatic carbocycles. The monoisotopic (exact) mass is 416 g/mol. The summed E-state index contributed by atoms with van der Waals surface area (Å²) in [6.07, 6.45) is 6.77. The van der Waals surface area contributed by atoms with Crippen LogP contribution in [-0.2, 0) is 4.79 Å². The Morgan fingerprint density at radius 1 is 1.13 bits per heavy atom. The van der Waals surface area contributed by atoms with E-state index in [0.29, 0.717) is 12.1 Å². The van der Waals surface area contributed by atoms with Crippen molar-refractivity contribution in [2.45, 2.75) is 37.5 Å². The summed E-state index contributed by atoms with van der Waals surface area (Å²) in [5.41, 5.74) is 4.33. The minimum Gasteiger partial charge on any atom is -0.366 e. The van der Waals surface area contributed by atoms with E-state index in [1.807, 2.05) is 27.7 Å². The van der Waals surface area contributed by atoms with Crippen LogP contribution >= 0.6 is 0 Å². The second-order valence-electron chi connectivity index (χ2n) is 8.71. The zero-order chi connectivity index (χ0) is 21.1. The Labute approximate surface area is 178 Å². The molecule has 1 saturated carbocycles. The van der Waals surface area contributed by atoms with Gasteiger partial charge in [-0.15, -0.1) is 0 Å². The molecule has 3 aromatic heterocycles. The number of hydrogen-bond acceptors (Lipinski definition) is 5. The van der Waals surface area contributed by atoms with Crippen LogP contribution in [0.1, 0.15) is 25.0 Å². The molecule has 2 unspecified atom stereocenters. The van der Waals surface area contributed by atoms with Crippen molar-refractivity contribution in [2.24, 2.45) is 5.92 Å². The highest BCUT2D eigenvalue weighted by atomic mass is 19.1. The van der Waals surface area contributed by atoms with E-state index in [1.54, 1.807) is 18.5 Å². The predicted octanol–water partition coefficient (Wildman–Crippen LogP) is 2.81. The molecule has 2 bridgehead atoms. The highest BCUT2D eigenvalue weighted by Gasteiger charge is 2.51. The Kier molecular flexibility index (Phi) is 4.00. The second kappa shape index (κ2) is 6.77. The number of carbonyl (C=O) groups is 1. The molecule has 0 spiro atoms. The van der Waals surface area contributed by atoms with Crippen molar-refractivity contribution in [3.63, 3.8) is 0 Å². The van der Waals surface area contributed by atoms with Crippen LogP contribution in [0.3, 0.4) is 0 Å². The third-order valence-corrected chi connectivity index (χ3v) is 6.80. The van der Waals surface area contributed by atoms with Crippen LogP contribution in [0.4, 0.5) is 10.1 Å². The summed E-state index contributed by atoms with van der Waals surface area (Å²) in [5.74, 6) is -0.399. The topological polar surface area (TPSA) is 77.5 Å². The van der Waals surface area contributed by atoms with Gasteiger partial charge >= 0.3 is 0 Å². The standard InChI is InChI=1S/C23H21FN6O/c24-20-9-19(20)23(31)30-17-1-2-18(30)13-28(12-17)21-4-6-27-29-11-15(8-22(21)29)14-3-5-26-16(7-14)10-25/h3-8,11,17-20H,1-2,9,12-13H2/t17?,18?,19-,20-/m1/s1. The molecule has 5 heterocycles. The molecular formula is C23H21FN6O. The highest BCUT2D eigenvalue weighted by Crippen LogP contribution is 2.41. The van der Waals surface area contributed by atoms with Gasteiger partial charge in [-0.2, -0.15) is 10.4 Å².